The number of carboxylic acids is 1. The van der Waals surface area contributed by atoms with Crippen LogP contribution in [0.25, 0.3) is 17.4 Å². The molecule has 1 aliphatic heterocycles. The molecule has 0 saturated heterocycles. The third kappa shape index (κ3) is 3.53. The molecule has 0 atom stereocenters. The van der Waals surface area contributed by atoms with Crippen LogP contribution < -0.4 is 5.01 Å². The van der Waals surface area contributed by atoms with E-state index in [4.69, 9.17) is 16.0 Å². The van der Waals surface area contributed by atoms with Gasteiger partial charge in [-0.05, 0) is 61.9 Å². The summed E-state index contributed by atoms with van der Waals surface area (Å²) in [6, 6.07) is 15.3. The second-order valence-corrected chi connectivity index (χ2v) is 7.24. The Morgan fingerprint density at radius 2 is 1.90 bits per heavy atom. The van der Waals surface area contributed by atoms with E-state index in [9.17, 15) is 14.7 Å². The van der Waals surface area contributed by atoms with E-state index in [1.807, 2.05) is 31.2 Å². The third-order valence-corrected chi connectivity index (χ3v) is 5.26. The van der Waals surface area contributed by atoms with Crippen molar-refractivity contribution in [2.45, 2.75) is 13.8 Å². The molecule has 7 heteroatoms. The number of hydrogen-bond acceptors (Lipinski definition) is 4. The van der Waals surface area contributed by atoms with Crippen molar-refractivity contribution in [3.05, 3.63) is 82.1 Å². The number of hydrazone groups is 1. The fourth-order valence-corrected chi connectivity index (χ4v) is 3.40. The van der Waals surface area contributed by atoms with Crippen LogP contribution in [0.2, 0.25) is 5.02 Å². The molecule has 0 saturated carbocycles. The molecule has 4 rings (SSSR count). The maximum Gasteiger partial charge on any atom is 0.335 e. The minimum absolute atomic E-state index is 0.0816. The Morgan fingerprint density at radius 3 is 2.67 bits per heavy atom. The van der Waals surface area contributed by atoms with E-state index < -0.39 is 5.97 Å². The zero-order valence-corrected chi connectivity index (χ0v) is 17.0. The zero-order valence-electron chi connectivity index (χ0n) is 16.2. The fraction of sp³-hybridized carbons (Fsp3) is 0.0870. The van der Waals surface area contributed by atoms with Gasteiger partial charge in [0.25, 0.3) is 5.91 Å². The molecule has 0 unspecified atom stereocenters. The van der Waals surface area contributed by atoms with Gasteiger partial charge in [0.15, 0.2) is 0 Å². The first kappa shape index (κ1) is 19.7. The van der Waals surface area contributed by atoms with E-state index in [0.717, 1.165) is 11.1 Å². The van der Waals surface area contributed by atoms with Crippen LogP contribution in [0.1, 0.15) is 28.6 Å². The van der Waals surface area contributed by atoms with Gasteiger partial charge in [0.2, 0.25) is 0 Å². The second kappa shape index (κ2) is 7.65. The molecule has 0 radical (unpaired) electrons. The van der Waals surface area contributed by atoms with Gasteiger partial charge in [-0.2, -0.15) is 10.1 Å². The van der Waals surface area contributed by atoms with Crippen LogP contribution in [0.4, 0.5) is 5.69 Å². The molecule has 1 N–H and O–H groups in total. The molecule has 2 aromatic carbocycles. The summed E-state index contributed by atoms with van der Waals surface area (Å²) in [7, 11) is 0. The molecule has 30 heavy (non-hydrogen) atoms. The summed E-state index contributed by atoms with van der Waals surface area (Å²) in [6.45, 7) is 3.63. The minimum atomic E-state index is -1.07. The summed E-state index contributed by atoms with van der Waals surface area (Å²) < 4.78 is 5.92. The van der Waals surface area contributed by atoms with Crippen molar-refractivity contribution in [3.8, 4) is 11.3 Å². The number of rotatable bonds is 4. The Bertz CT molecular complexity index is 1240. The van der Waals surface area contributed by atoms with E-state index in [1.165, 1.54) is 17.1 Å². The summed E-state index contributed by atoms with van der Waals surface area (Å²) in [5.41, 5.74) is 3.14. The first-order valence-corrected chi connectivity index (χ1v) is 9.53. The van der Waals surface area contributed by atoms with Crippen LogP contribution in [-0.2, 0) is 4.79 Å². The van der Waals surface area contributed by atoms with Crippen molar-refractivity contribution in [1.82, 2.24) is 0 Å². The number of amides is 1. The summed E-state index contributed by atoms with van der Waals surface area (Å²) in [6.07, 6.45) is 1.63. The van der Waals surface area contributed by atoms with E-state index >= 15 is 0 Å². The number of carbonyl (C=O) groups excluding carboxylic acids is 1. The number of carbonyl (C=O) groups is 2. The molecule has 1 amide bonds. The molecule has 3 aromatic rings. The Hall–Kier alpha value is -3.64. The highest BCUT2D eigenvalue weighted by molar-refractivity contribution is 6.32. The lowest BCUT2D eigenvalue weighted by Crippen LogP contribution is -2.21. The van der Waals surface area contributed by atoms with Gasteiger partial charge >= 0.3 is 5.97 Å². The predicted molar refractivity (Wildman–Crippen MR) is 116 cm³/mol. The third-order valence-electron chi connectivity index (χ3n) is 4.85. The van der Waals surface area contributed by atoms with E-state index in [0.29, 0.717) is 33.5 Å². The molecule has 150 valence electrons. The fourth-order valence-electron chi connectivity index (χ4n) is 3.22. The molecule has 0 spiro atoms. The Morgan fingerprint density at radius 1 is 1.13 bits per heavy atom. The summed E-state index contributed by atoms with van der Waals surface area (Å²) in [5.74, 6) is -0.275. The minimum Gasteiger partial charge on any atom is -0.478 e. The average Bonchev–Trinajstić information content (AvgIpc) is 3.30. The first-order valence-electron chi connectivity index (χ1n) is 9.15. The molecule has 1 aliphatic rings. The highest BCUT2D eigenvalue weighted by Gasteiger charge is 2.29. The number of anilines is 1. The molecular formula is C23H17ClN2O4. The van der Waals surface area contributed by atoms with Crippen molar-refractivity contribution < 1.29 is 19.1 Å². The Kier molecular flexibility index (Phi) is 5.01. The van der Waals surface area contributed by atoms with Crippen LogP contribution in [0.5, 0.6) is 0 Å². The normalized spacial score (nSPS) is 15.0. The topological polar surface area (TPSA) is 83.1 Å². The molecule has 2 heterocycles. The predicted octanol–water partition coefficient (Wildman–Crippen LogP) is 5.41. The van der Waals surface area contributed by atoms with Crippen molar-refractivity contribution >= 4 is 41.0 Å². The van der Waals surface area contributed by atoms with Crippen molar-refractivity contribution in [1.29, 1.82) is 0 Å². The van der Waals surface area contributed by atoms with Gasteiger partial charge in [-0.25, -0.2) is 4.79 Å². The quantitative estimate of drug-likeness (QED) is 0.572. The van der Waals surface area contributed by atoms with E-state index in [2.05, 4.69) is 5.10 Å². The van der Waals surface area contributed by atoms with Crippen LogP contribution in [0.15, 0.2) is 69.7 Å². The van der Waals surface area contributed by atoms with Gasteiger partial charge < -0.3 is 9.52 Å². The van der Waals surface area contributed by atoms with E-state index in [1.54, 1.807) is 31.2 Å². The second-order valence-electron chi connectivity index (χ2n) is 6.83. The maximum atomic E-state index is 12.9. The monoisotopic (exact) mass is 420 g/mol. The van der Waals surface area contributed by atoms with Gasteiger partial charge in [-0.1, -0.05) is 29.8 Å². The van der Waals surface area contributed by atoms with Gasteiger partial charge in [-0.15, -0.1) is 0 Å². The standard InChI is InChI=1S/C23H17ClN2O4/c1-13-18(7-4-8-20(13)24)21-10-9-17(30-21)12-19-14(2)25-26(22(19)27)16-6-3-5-15(11-16)23(28)29/h3-12H,1-2H3,(H,28,29)/b19-12+. The number of carboxylic acid groups (broad SMARTS) is 1. The van der Waals surface area contributed by atoms with Crippen LogP contribution in [0, 0.1) is 6.92 Å². The van der Waals surface area contributed by atoms with Crippen LogP contribution in [-0.4, -0.2) is 22.7 Å². The van der Waals surface area contributed by atoms with Gasteiger partial charge in [0.1, 0.15) is 11.5 Å². The van der Waals surface area contributed by atoms with Crippen LogP contribution in [0.3, 0.4) is 0 Å². The van der Waals surface area contributed by atoms with Gasteiger partial charge in [0, 0.05) is 10.6 Å². The molecule has 6 nitrogen and oxygen atoms in total. The van der Waals surface area contributed by atoms with Crippen molar-refractivity contribution in [2.75, 3.05) is 5.01 Å². The molecule has 0 aliphatic carbocycles. The number of benzene rings is 2. The number of halogens is 1. The molecule has 0 bridgehead atoms. The number of furan rings is 1. The van der Waals surface area contributed by atoms with Gasteiger partial charge in [0.05, 0.1) is 22.5 Å². The van der Waals surface area contributed by atoms with Crippen molar-refractivity contribution in [3.63, 3.8) is 0 Å². The largest absolute Gasteiger partial charge is 0.478 e. The lowest BCUT2D eigenvalue weighted by Gasteiger charge is -2.12. The smallest absolute Gasteiger partial charge is 0.335 e. The van der Waals surface area contributed by atoms with Gasteiger partial charge in [-0.3, -0.25) is 4.79 Å². The highest BCUT2D eigenvalue weighted by Crippen LogP contribution is 2.31. The van der Waals surface area contributed by atoms with E-state index in [-0.39, 0.29) is 11.5 Å². The number of nitrogens with zero attached hydrogens (tertiary/aromatic N) is 2. The Labute approximate surface area is 177 Å². The van der Waals surface area contributed by atoms with Crippen molar-refractivity contribution in [2.24, 2.45) is 5.10 Å². The summed E-state index contributed by atoms with van der Waals surface area (Å²) >= 11 is 6.19. The maximum absolute atomic E-state index is 12.9. The van der Waals surface area contributed by atoms with Crippen LogP contribution >= 0.6 is 11.6 Å². The molecule has 0 fully saturated rings. The number of hydrogen-bond donors (Lipinski definition) is 1. The lowest BCUT2D eigenvalue weighted by molar-refractivity contribution is -0.114. The first-order chi connectivity index (χ1) is 14.3. The summed E-state index contributed by atoms with van der Waals surface area (Å²) in [4.78, 5) is 24.1. The lowest BCUT2D eigenvalue weighted by atomic mass is 10.1. The highest BCUT2D eigenvalue weighted by atomic mass is 35.5. The summed E-state index contributed by atoms with van der Waals surface area (Å²) in [5, 5.41) is 15.3. The molecule has 1 aromatic heterocycles. The molecular weight excluding hydrogens is 404 g/mol. The Balaban J connectivity index is 1.64. The SMILES string of the molecule is CC1=NN(c2cccc(C(=O)O)c2)C(=O)/C1=C/c1ccc(-c2cccc(Cl)c2C)o1. The zero-order chi connectivity index (χ0) is 21.4. The average molecular weight is 421 g/mol. The number of aromatic carboxylic acids is 1.